The number of aryl methyl sites for hydroxylation is 2. The second-order valence-electron chi connectivity index (χ2n) is 8.99. The molecule has 0 bridgehead atoms. The molecule has 10 nitrogen and oxygen atoms in total. The average Bonchev–Trinajstić information content (AvgIpc) is 3.56. The normalized spacial score (nSPS) is 22.6. The van der Waals surface area contributed by atoms with Crippen LogP contribution in [0.4, 0.5) is 11.6 Å². The summed E-state index contributed by atoms with van der Waals surface area (Å²) >= 11 is 2.11. The van der Waals surface area contributed by atoms with Gasteiger partial charge in [0, 0.05) is 18.3 Å². The molecule has 0 spiro atoms. The van der Waals surface area contributed by atoms with Gasteiger partial charge in [0.05, 0.1) is 30.4 Å². The number of nitrogens with zero attached hydrogens (tertiary/aromatic N) is 3. The fraction of sp³-hybridized carbons (Fsp3) is 0.619. The molecule has 4 rings (SSSR count). The van der Waals surface area contributed by atoms with Gasteiger partial charge in [0.1, 0.15) is 17.3 Å². The number of thioether (sulfide) groups is 1. The molecule has 188 valence electrons. The molecule has 0 aliphatic carbocycles. The molecule has 0 saturated carbocycles. The highest BCUT2D eigenvalue weighted by molar-refractivity contribution is 8.18. The topological polar surface area (TPSA) is 141 Å². The summed E-state index contributed by atoms with van der Waals surface area (Å²) in [7, 11) is -3.87. The van der Waals surface area contributed by atoms with Crippen LogP contribution in [0.2, 0.25) is 0 Å². The lowest BCUT2D eigenvalue weighted by molar-refractivity contribution is 0.214. The summed E-state index contributed by atoms with van der Waals surface area (Å²) in [6.45, 7) is 8.20. The highest BCUT2D eigenvalue weighted by atomic mass is 32.3. The number of rotatable bonds is 9. The lowest BCUT2D eigenvalue weighted by Gasteiger charge is -2.22. The van der Waals surface area contributed by atoms with Crippen molar-refractivity contribution in [3.05, 3.63) is 33.1 Å². The molecule has 13 heteroatoms. The van der Waals surface area contributed by atoms with Crippen molar-refractivity contribution < 1.29 is 23.0 Å². The van der Waals surface area contributed by atoms with Gasteiger partial charge in [-0.25, -0.2) is 8.42 Å². The van der Waals surface area contributed by atoms with Crippen molar-refractivity contribution >= 4 is 45.1 Å². The largest absolute Gasteiger partial charge is 0.508 e. The van der Waals surface area contributed by atoms with E-state index in [-0.39, 0.29) is 28.6 Å². The minimum absolute atomic E-state index is 0.0651. The first kappa shape index (κ1) is 25.3. The number of furan rings is 1. The van der Waals surface area contributed by atoms with Crippen molar-refractivity contribution in [3.8, 4) is 0 Å². The van der Waals surface area contributed by atoms with Gasteiger partial charge in [0.25, 0.3) is 10.0 Å². The van der Waals surface area contributed by atoms with Crippen molar-refractivity contribution in [3.63, 3.8) is 0 Å². The number of sulfonamides is 1. The smallest absolute Gasteiger partial charge is 0.252 e. The van der Waals surface area contributed by atoms with E-state index in [4.69, 9.17) is 4.42 Å². The molecule has 4 heterocycles. The predicted molar refractivity (Wildman–Crippen MR) is 135 cm³/mol. The standard InChI is InChI=1S/C21H31N5O5S3/c1-11(2)17(16-8-12(3)13(4)31-16)23-20-19(24-33-25-20)22-15-10-32-21(18(15)28)34(29,30)26-7-5-6-14(26)9-27/h8,11,14-15,17,27-28H,5-7,9-10H2,1-4H3,(H,22,24)(H,23,25)/t14?,15?,17-/m1/s1. The molecule has 3 atom stereocenters. The Morgan fingerprint density at radius 3 is 2.68 bits per heavy atom. The Bertz CT molecular complexity index is 1140. The van der Waals surface area contributed by atoms with Gasteiger partial charge < -0.3 is 25.3 Å². The van der Waals surface area contributed by atoms with E-state index in [1.807, 2.05) is 19.9 Å². The highest BCUT2D eigenvalue weighted by Gasteiger charge is 2.42. The first-order chi connectivity index (χ1) is 16.1. The summed E-state index contributed by atoms with van der Waals surface area (Å²) in [6, 6.07) is 0.802. The van der Waals surface area contributed by atoms with Gasteiger partial charge in [-0.3, -0.25) is 0 Å². The first-order valence-electron chi connectivity index (χ1n) is 11.2. The van der Waals surface area contributed by atoms with Crippen LogP contribution in [-0.2, 0) is 10.0 Å². The monoisotopic (exact) mass is 529 g/mol. The number of anilines is 2. The predicted octanol–water partition coefficient (Wildman–Crippen LogP) is 3.60. The van der Waals surface area contributed by atoms with E-state index in [0.717, 1.165) is 40.6 Å². The Morgan fingerprint density at radius 2 is 2.03 bits per heavy atom. The van der Waals surface area contributed by atoms with Gasteiger partial charge >= 0.3 is 0 Å². The first-order valence-corrected chi connectivity index (χ1v) is 14.4. The zero-order valence-corrected chi connectivity index (χ0v) is 22.1. The summed E-state index contributed by atoms with van der Waals surface area (Å²) in [5.41, 5.74) is 1.07. The molecular formula is C21H31N5O5S3. The fourth-order valence-corrected chi connectivity index (χ4v) is 8.17. The minimum Gasteiger partial charge on any atom is -0.508 e. The molecule has 0 amide bonds. The number of aliphatic hydroxyl groups is 2. The highest BCUT2D eigenvalue weighted by Crippen LogP contribution is 2.40. The van der Waals surface area contributed by atoms with Gasteiger partial charge in [-0.2, -0.15) is 13.1 Å². The molecule has 0 aromatic carbocycles. The second kappa shape index (κ2) is 10.1. The van der Waals surface area contributed by atoms with Gasteiger partial charge in [0.2, 0.25) is 0 Å². The molecule has 2 aliphatic rings. The maximum absolute atomic E-state index is 13.1. The number of aromatic nitrogens is 2. The van der Waals surface area contributed by atoms with Crippen molar-refractivity contribution in [1.29, 1.82) is 0 Å². The third-order valence-electron chi connectivity index (χ3n) is 6.25. The molecule has 1 saturated heterocycles. The van der Waals surface area contributed by atoms with E-state index < -0.39 is 22.1 Å². The van der Waals surface area contributed by atoms with Gasteiger partial charge in [-0.1, -0.05) is 13.8 Å². The Hall–Kier alpha value is -1.80. The zero-order chi connectivity index (χ0) is 24.6. The van der Waals surface area contributed by atoms with Crippen molar-refractivity contribution in [2.45, 2.75) is 58.7 Å². The molecule has 4 N–H and O–H groups in total. The van der Waals surface area contributed by atoms with Crippen molar-refractivity contribution in [1.82, 2.24) is 13.1 Å². The van der Waals surface area contributed by atoms with Crippen LogP contribution in [-0.4, -0.2) is 62.7 Å². The van der Waals surface area contributed by atoms with E-state index in [0.29, 0.717) is 36.8 Å². The van der Waals surface area contributed by atoms with E-state index in [1.165, 1.54) is 4.31 Å². The fourth-order valence-electron chi connectivity index (χ4n) is 4.20. The molecule has 0 radical (unpaired) electrons. The van der Waals surface area contributed by atoms with Gasteiger partial charge in [-0.05, 0) is 44.2 Å². The van der Waals surface area contributed by atoms with Crippen LogP contribution < -0.4 is 10.6 Å². The Labute approximate surface area is 208 Å². The SMILES string of the molecule is Cc1cc([C@H](Nc2nsnc2NC2CSC(S(=O)(=O)N3CCCC3CO)=C2O)C(C)C)oc1C. The minimum atomic E-state index is -3.87. The molecule has 2 aromatic heterocycles. The number of hydrogen-bond donors (Lipinski definition) is 4. The molecule has 34 heavy (non-hydrogen) atoms. The average molecular weight is 530 g/mol. The van der Waals surface area contributed by atoms with E-state index in [1.54, 1.807) is 0 Å². The molecular weight excluding hydrogens is 498 g/mol. The summed E-state index contributed by atoms with van der Waals surface area (Å²) in [5.74, 6) is 2.94. The maximum Gasteiger partial charge on any atom is 0.252 e. The van der Waals surface area contributed by atoms with Gasteiger partial charge in [0.15, 0.2) is 15.9 Å². The van der Waals surface area contributed by atoms with E-state index >= 15 is 0 Å². The van der Waals surface area contributed by atoms with Crippen LogP contribution in [0.3, 0.4) is 0 Å². The summed E-state index contributed by atoms with van der Waals surface area (Å²) in [6.07, 6.45) is 1.30. The number of hydrogen-bond acceptors (Lipinski definition) is 11. The third kappa shape index (κ3) is 4.81. The van der Waals surface area contributed by atoms with Crippen LogP contribution in [0.1, 0.15) is 49.8 Å². The van der Waals surface area contributed by atoms with Crippen molar-refractivity contribution in [2.75, 3.05) is 29.5 Å². The molecule has 2 unspecified atom stereocenters. The summed E-state index contributed by atoms with van der Waals surface area (Å²) in [5, 5.41) is 26.9. The molecule has 2 aliphatic heterocycles. The second-order valence-corrected chi connectivity index (χ2v) is 12.6. The quantitative estimate of drug-likeness (QED) is 0.381. The molecule has 1 fully saturated rings. The van der Waals surface area contributed by atoms with Crippen LogP contribution in [0.15, 0.2) is 20.5 Å². The van der Waals surface area contributed by atoms with Crippen molar-refractivity contribution in [2.24, 2.45) is 5.92 Å². The Kier molecular flexibility index (Phi) is 7.48. The molecule has 2 aromatic rings. The van der Waals surface area contributed by atoms with E-state index in [9.17, 15) is 18.6 Å². The van der Waals surface area contributed by atoms with Crippen LogP contribution >= 0.6 is 23.5 Å². The number of aliphatic hydroxyl groups excluding tert-OH is 2. The maximum atomic E-state index is 13.1. The zero-order valence-electron chi connectivity index (χ0n) is 19.6. The van der Waals surface area contributed by atoms with Crippen LogP contribution in [0.5, 0.6) is 0 Å². The van der Waals surface area contributed by atoms with Gasteiger partial charge in [-0.15, -0.1) is 11.8 Å². The summed E-state index contributed by atoms with van der Waals surface area (Å²) < 4.78 is 42.1. The number of nitrogens with one attached hydrogen (secondary N) is 2. The Balaban J connectivity index is 1.52. The van der Waals surface area contributed by atoms with Crippen LogP contribution in [0, 0.1) is 19.8 Å². The third-order valence-corrected chi connectivity index (χ3v) is 10.5. The lowest BCUT2D eigenvalue weighted by Crippen LogP contribution is -2.38. The summed E-state index contributed by atoms with van der Waals surface area (Å²) in [4.78, 5) is 0. The Morgan fingerprint density at radius 1 is 1.29 bits per heavy atom. The van der Waals surface area contributed by atoms with E-state index in [2.05, 4.69) is 33.2 Å². The lowest BCUT2D eigenvalue weighted by atomic mass is 10.0. The van der Waals surface area contributed by atoms with Crippen LogP contribution in [0.25, 0.3) is 0 Å².